The summed E-state index contributed by atoms with van der Waals surface area (Å²) in [5.74, 6) is 2.18. The molecule has 0 aromatic rings. The lowest BCUT2D eigenvalue weighted by Crippen LogP contribution is -2.15. The normalized spacial score (nSPS) is 25.1. The summed E-state index contributed by atoms with van der Waals surface area (Å²) in [7, 11) is 0. The highest BCUT2D eigenvalue weighted by atomic mass is 14.3. The van der Waals surface area contributed by atoms with Gasteiger partial charge in [0.15, 0.2) is 0 Å². The minimum Gasteiger partial charge on any atom is -0.0654 e. The van der Waals surface area contributed by atoms with Crippen LogP contribution >= 0.6 is 0 Å². The van der Waals surface area contributed by atoms with Gasteiger partial charge in [0.2, 0.25) is 0 Å². The van der Waals surface area contributed by atoms with Gasteiger partial charge in [0.05, 0.1) is 0 Å². The van der Waals surface area contributed by atoms with Gasteiger partial charge in [-0.1, -0.05) is 90.9 Å². The Kier molecular flexibility index (Phi) is 8.83. The van der Waals surface area contributed by atoms with Crippen molar-refractivity contribution in [3.05, 3.63) is 0 Å². The molecule has 0 saturated heterocycles. The second-order valence-corrected chi connectivity index (χ2v) is 6.24. The van der Waals surface area contributed by atoms with E-state index in [4.69, 9.17) is 0 Å². The zero-order valence-electron chi connectivity index (χ0n) is 12.3. The zero-order valence-corrected chi connectivity index (χ0v) is 12.3. The Morgan fingerprint density at radius 1 is 0.706 bits per heavy atom. The second-order valence-electron chi connectivity index (χ2n) is 6.24. The molecule has 0 aliphatic heterocycles. The average molecular weight is 238 g/mol. The summed E-state index contributed by atoms with van der Waals surface area (Å²) in [6.07, 6.45) is 19.4. The third-order valence-electron chi connectivity index (χ3n) is 4.57. The third kappa shape index (κ3) is 7.11. The first-order valence-electron chi connectivity index (χ1n) is 8.36. The molecule has 0 heteroatoms. The Balaban J connectivity index is 2.03. The fourth-order valence-electron chi connectivity index (χ4n) is 3.46. The van der Waals surface area contributed by atoms with Crippen LogP contribution in [0.1, 0.15) is 97.3 Å². The Labute approximate surface area is 110 Å². The summed E-state index contributed by atoms with van der Waals surface area (Å²) in [5, 5.41) is 0. The average Bonchev–Trinajstić information content (AvgIpc) is 2.37. The number of rotatable bonds is 9. The molecular weight excluding hydrogens is 204 g/mol. The third-order valence-corrected chi connectivity index (χ3v) is 4.57. The minimum absolute atomic E-state index is 1.09. The van der Waals surface area contributed by atoms with E-state index in [0.29, 0.717) is 0 Å². The summed E-state index contributed by atoms with van der Waals surface area (Å²) >= 11 is 0. The fraction of sp³-hybridized carbons (Fsp3) is 1.00. The van der Waals surface area contributed by atoms with Gasteiger partial charge in [-0.05, 0) is 18.3 Å². The van der Waals surface area contributed by atoms with Crippen molar-refractivity contribution in [3.63, 3.8) is 0 Å². The summed E-state index contributed by atoms with van der Waals surface area (Å²) in [4.78, 5) is 0. The smallest absolute Gasteiger partial charge is 0.0412 e. The maximum atomic E-state index is 2.33. The lowest BCUT2D eigenvalue weighted by molar-refractivity contribution is 0.236. The zero-order chi connectivity index (χ0) is 12.3. The van der Waals surface area contributed by atoms with E-state index < -0.39 is 0 Å². The molecule has 1 fully saturated rings. The maximum Gasteiger partial charge on any atom is -0.0412 e. The van der Waals surface area contributed by atoms with E-state index in [0.717, 1.165) is 11.8 Å². The first-order chi connectivity index (χ1) is 8.36. The minimum atomic E-state index is 1.09. The SMILES string of the molecule is CCCCCCCC1CCCC(CCCC)C1. The predicted molar refractivity (Wildman–Crippen MR) is 78.3 cm³/mol. The molecule has 0 N–H and O–H groups in total. The topological polar surface area (TPSA) is 0 Å². The van der Waals surface area contributed by atoms with Crippen molar-refractivity contribution in [3.8, 4) is 0 Å². The molecule has 2 unspecified atom stereocenters. The highest BCUT2D eigenvalue weighted by Gasteiger charge is 2.20. The lowest BCUT2D eigenvalue weighted by Gasteiger charge is -2.29. The van der Waals surface area contributed by atoms with Crippen LogP contribution in [-0.2, 0) is 0 Å². The van der Waals surface area contributed by atoms with Crippen molar-refractivity contribution in [2.24, 2.45) is 11.8 Å². The first kappa shape index (κ1) is 15.1. The van der Waals surface area contributed by atoms with Crippen LogP contribution in [0.25, 0.3) is 0 Å². The molecule has 0 aromatic heterocycles. The van der Waals surface area contributed by atoms with Crippen LogP contribution < -0.4 is 0 Å². The van der Waals surface area contributed by atoms with Gasteiger partial charge in [0.25, 0.3) is 0 Å². The molecule has 2 atom stereocenters. The van der Waals surface area contributed by atoms with Crippen LogP contribution in [0.3, 0.4) is 0 Å². The Hall–Kier alpha value is 0. The molecule has 0 amide bonds. The van der Waals surface area contributed by atoms with Crippen LogP contribution in [0.4, 0.5) is 0 Å². The predicted octanol–water partition coefficient (Wildman–Crippen LogP) is 6.34. The summed E-state index contributed by atoms with van der Waals surface area (Å²) in [6.45, 7) is 4.63. The standard InChI is InChI=1S/C17H34/c1-3-5-7-8-9-12-17-14-10-13-16(15-17)11-6-4-2/h16-17H,3-15H2,1-2H3. The van der Waals surface area contributed by atoms with Gasteiger partial charge >= 0.3 is 0 Å². The summed E-state index contributed by atoms with van der Waals surface area (Å²) < 4.78 is 0. The molecule has 0 spiro atoms. The van der Waals surface area contributed by atoms with E-state index in [9.17, 15) is 0 Å². The van der Waals surface area contributed by atoms with E-state index in [1.165, 1.54) is 77.0 Å². The van der Waals surface area contributed by atoms with Gasteiger partial charge < -0.3 is 0 Å². The largest absolute Gasteiger partial charge is 0.0654 e. The van der Waals surface area contributed by atoms with E-state index in [1.807, 2.05) is 0 Å². The highest BCUT2D eigenvalue weighted by molar-refractivity contribution is 4.73. The molecule has 0 nitrogen and oxygen atoms in total. The van der Waals surface area contributed by atoms with E-state index >= 15 is 0 Å². The van der Waals surface area contributed by atoms with Gasteiger partial charge in [0, 0.05) is 0 Å². The van der Waals surface area contributed by atoms with Gasteiger partial charge in [-0.2, -0.15) is 0 Å². The molecule has 17 heavy (non-hydrogen) atoms. The molecule has 0 aromatic carbocycles. The molecule has 1 saturated carbocycles. The quantitative estimate of drug-likeness (QED) is 0.411. The van der Waals surface area contributed by atoms with Crippen molar-refractivity contribution < 1.29 is 0 Å². The molecule has 0 bridgehead atoms. The second kappa shape index (κ2) is 9.97. The van der Waals surface area contributed by atoms with Crippen LogP contribution in [0.15, 0.2) is 0 Å². The molecular formula is C17H34. The van der Waals surface area contributed by atoms with E-state index in [1.54, 1.807) is 6.42 Å². The van der Waals surface area contributed by atoms with Crippen molar-refractivity contribution >= 4 is 0 Å². The van der Waals surface area contributed by atoms with Crippen molar-refractivity contribution in [1.29, 1.82) is 0 Å². The Morgan fingerprint density at radius 2 is 1.29 bits per heavy atom. The Bertz CT molecular complexity index is 161. The Morgan fingerprint density at radius 3 is 1.94 bits per heavy atom. The van der Waals surface area contributed by atoms with E-state index in [2.05, 4.69) is 13.8 Å². The van der Waals surface area contributed by atoms with Gasteiger partial charge in [0.1, 0.15) is 0 Å². The summed E-state index contributed by atoms with van der Waals surface area (Å²) in [6, 6.07) is 0. The van der Waals surface area contributed by atoms with Gasteiger partial charge in [-0.25, -0.2) is 0 Å². The van der Waals surface area contributed by atoms with Crippen LogP contribution in [0.5, 0.6) is 0 Å². The summed E-state index contributed by atoms with van der Waals surface area (Å²) in [5.41, 5.74) is 0. The van der Waals surface area contributed by atoms with Crippen molar-refractivity contribution in [2.45, 2.75) is 97.3 Å². The highest BCUT2D eigenvalue weighted by Crippen LogP contribution is 2.34. The van der Waals surface area contributed by atoms with E-state index in [-0.39, 0.29) is 0 Å². The van der Waals surface area contributed by atoms with Crippen LogP contribution in [0.2, 0.25) is 0 Å². The van der Waals surface area contributed by atoms with Crippen molar-refractivity contribution in [2.75, 3.05) is 0 Å². The molecule has 0 heterocycles. The van der Waals surface area contributed by atoms with Gasteiger partial charge in [-0.3, -0.25) is 0 Å². The first-order valence-corrected chi connectivity index (χ1v) is 8.36. The number of hydrogen-bond acceptors (Lipinski definition) is 0. The molecule has 1 aliphatic carbocycles. The molecule has 0 radical (unpaired) electrons. The number of unbranched alkanes of at least 4 members (excludes halogenated alkanes) is 5. The molecule has 1 rings (SSSR count). The van der Waals surface area contributed by atoms with Crippen LogP contribution in [0, 0.1) is 11.8 Å². The molecule has 1 aliphatic rings. The molecule has 102 valence electrons. The van der Waals surface area contributed by atoms with Gasteiger partial charge in [-0.15, -0.1) is 0 Å². The fourth-order valence-corrected chi connectivity index (χ4v) is 3.46. The maximum absolute atomic E-state index is 2.33. The lowest BCUT2D eigenvalue weighted by atomic mass is 9.77. The van der Waals surface area contributed by atoms with Crippen LogP contribution in [-0.4, -0.2) is 0 Å². The monoisotopic (exact) mass is 238 g/mol. The van der Waals surface area contributed by atoms with Crippen molar-refractivity contribution in [1.82, 2.24) is 0 Å². The number of hydrogen-bond donors (Lipinski definition) is 0.